The summed E-state index contributed by atoms with van der Waals surface area (Å²) in [5.41, 5.74) is 2.60. The van der Waals surface area contributed by atoms with Gasteiger partial charge in [-0.25, -0.2) is 0 Å². The standard InChI is InChI=1S/C3HNS/c1-2-5-3-4-1/h2H/q+1. The first-order chi connectivity index (χ1) is 2.50. The molecule has 0 spiro atoms. The summed E-state index contributed by atoms with van der Waals surface area (Å²) in [5.74, 6) is 0. The molecule has 0 N–H and O–H groups in total. The fourth-order valence-electron chi connectivity index (χ4n) is 0.132. The van der Waals surface area contributed by atoms with Gasteiger partial charge in [-0.15, -0.1) is 0 Å². The van der Waals surface area contributed by atoms with Crippen molar-refractivity contribution in [2.24, 2.45) is 0 Å². The summed E-state index contributed by atoms with van der Waals surface area (Å²) < 4.78 is 0. The first-order valence-electron chi connectivity index (χ1n) is 1.18. The van der Waals surface area contributed by atoms with Crippen LogP contribution in [-0.4, -0.2) is 0 Å². The summed E-state index contributed by atoms with van der Waals surface area (Å²) in [6.45, 7) is 0. The molecule has 0 aliphatic rings. The molecule has 2 heteroatoms. The molecule has 0 amide bonds. The second kappa shape index (κ2) is 1.05. The minimum absolute atomic E-state index is 1.42. The van der Waals surface area contributed by atoms with Crippen LogP contribution in [0.5, 0.6) is 0 Å². The van der Waals surface area contributed by atoms with Gasteiger partial charge in [-0.2, -0.15) is 0 Å². The molecular weight excluding hydrogens is 82.1 g/mol. The normalized spacial score (nSPS) is 6.40. The van der Waals surface area contributed by atoms with Crippen LogP contribution < -0.4 is 4.98 Å². The smallest absolute Gasteiger partial charge is 0.00865 e. The first-order valence-corrected chi connectivity index (χ1v) is 2.06. The Kier molecular flexibility index (Phi) is 0.559. The molecule has 1 rings (SSSR count). The average molecular weight is 83.1 g/mol. The molecule has 0 aromatic carbocycles. The Labute approximate surface area is 34.3 Å². The van der Waals surface area contributed by atoms with Crippen molar-refractivity contribution in [3.63, 3.8) is 0 Å². The van der Waals surface area contributed by atoms with E-state index in [9.17, 15) is 0 Å². The van der Waals surface area contributed by atoms with Crippen LogP contribution in [0.25, 0.3) is 0 Å². The Morgan fingerprint density at radius 2 is 2.80 bits per heavy atom. The van der Waals surface area contributed by atoms with Gasteiger partial charge in [0.25, 0.3) is 0 Å². The van der Waals surface area contributed by atoms with Crippen molar-refractivity contribution in [1.29, 1.82) is 0 Å². The quantitative estimate of drug-likeness (QED) is 0.429. The van der Waals surface area contributed by atoms with Crippen molar-refractivity contribution in [2.75, 3.05) is 0 Å². The van der Waals surface area contributed by atoms with Crippen LogP contribution >= 0.6 is 11.3 Å². The van der Waals surface area contributed by atoms with E-state index in [1.807, 2.05) is 0 Å². The van der Waals surface area contributed by atoms with Crippen LogP contribution in [0.3, 0.4) is 0 Å². The van der Waals surface area contributed by atoms with Crippen molar-refractivity contribution >= 4 is 11.3 Å². The lowest BCUT2D eigenvalue weighted by Crippen LogP contribution is -1.75. The van der Waals surface area contributed by atoms with E-state index in [0.29, 0.717) is 0 Å². The highest BCUT2D eigenvalue weighted by Crippen LogP contribution is 1.74. The molecule has 0 atom stereocenters. The van der Waals surface area contributed by atoms with Crippen molar-refractivity contribution in [3.05, 3.63) is 17.1 Å². The number of nitrogens with zero attached hydrogens (tertiary/aromatic N) is 1. The Bertz CT molecular complexity index is 63.4. The predicted molar refractivity (Wildman–Crippen MR) is 17.6 cm³/mol. The molecule has 0 saturated heterocycles. The van der Waals surface area contributed by atoms with Crippen LogP contribution in [0.2, 0.25) is 0 Å². The lowest BCUT2D eigenvalue weighted by molar-refractivity contribution is -0.294. The summed E-state index contributed by atoms with van der Waals surface area (Å²) in [6, 6.07) is 0. The third kappa shape index (κ3) is 0.366. The van der Waals surface area contributed by atoms with E-state index >= 15 is 0 Å². The SMILES string of the molecule is [c]1csc#[n+]1. The second-order valence-electron chi connectivity index (χ2n) is 0.568. The maximum Gasteiger partial charge on any atom is 0.443 e. The van der Waals surface area contributed by atoms with Gasteiger partial charge in [0.2, 0.25) is 0 Å². The van der Waals surface area contributed by atoms with Crippen molar-refractivity contribution in [1.82, 2.24) is 0 Å². The molecule has 5 heavy (non-hydrogen) atoms. The molecule has 0 aliphatic heterocycles. The van der Waals surface area contributed by atoms with Crippen LogP contribution in [0.15, 0.2) is 5.38 Å². The third-order valence-electron chi connectivity index (χ3n) is 0.275. The average Bonchev–Trinajstić information content (AvgIpc) is 1.76. The highest BCUT2D eigenvalue weighted by Gasteiger charge is 1.75. The molecular formula is C3HNS+. The highest BCUT2D eigenvalue weighted by atomic mass is 32.1. The molecule has 0 aliphatic carbocycles. The molecule has 0 fully saturated rings. The molecule has 0 bridgehead atoms. The Balaban J connectivity index is 3.13. The molecule has 1 heterocycles. The van der Waals surface area contributed by atoms with Crippen LogP contribution in [-0.2, 0) is 0 Å². The van der Waals surface area contributed by atoms with Gasteiger partial charge < -0.3 is 0 Å². The van der Waals surface area contributed by atoms with Crippen LogP contribution in [0.4, 0.5) is 0 Å². The van der Waals surface area contributed by atoms with Gasteiger partial charge in [0.1, 0.15) is 5.38 Å². The van der Waals surface area contributed by atoms with Gasteiger partial charge >= 0.3 is 11.7 Å². The van der Waals surface area contributed by atoms with Gasteiger partial charge in [-0.1, -0.05) is 0 Å². The number of aromatic nitrogens is 1. The van der Waals surface area contributed by atoms with Gasteiger partial charge in [0.05, 0.1) is 0 Å². The summed E-state index contributed by atoms with van der Waals surface area (Å²) >= 11 is 1.42. The summed E-state index contributed by atoms with van der Waals surface area (Å²) in [5, 5.41) is 1.75. The van der Waals surface area contributed by atoms with Gasteiger partial charge in [-0.05, 0) is 16.3 Å². The minimum Gasteiger partial charge on any atom is -0.00865 e. The number of hydrogen-bond donors (Lipinski definition) is 0. The monoisotopic (exact) mass is 83.0 g/mol. The zero-order valence-electron chi connectivity index (χ0n) is 2.43. The molecule has 1 aromatic heterocycles. The summed E-state index contributed by atoms with van der Waals surface area (Å²) in [7, 11) is 0. The topological polar surface area (TPSA) is 14.1 Å². The number of rotatable bonds is 0. The predicted octanol–water partition coefficient (Wildman–Crippen LogP) is -0.0516. The van der Waals surface area contributed by atoms with Gasteiger partial charge in [0, 0.05) is 0 Å². The molecule has 1 nitrogen and oxygen atoms in total. The highest BCUT2D eigenvalue weighted by molar-refractivity contribution is 7.06. The molecule has 23 valence electrons. The molecule has 0 saturated carbocycles. The summed E-state index contributed by atoms with van der Waals surface area (Å²) in [4.78, 5) is 3.49. The lowest BCUT2D eigenvalue weighted by Gasteiger charge is -1.19. The van der Waals surface area contributed by atoms with E-state index in [1.54, 1.807) is 5.38 Å². The Morgan fingerprint density at radius 1 is 1.80 bits per heavy atom. The first kappa shape index (κ1) is 2.67. The fourth-order valence-corrected chi connectivity index (χ4v) is 0.395. The van der Waals surface area contributed by atoms with Gasteiger partial charge in [0.15, 0.2) is 0 Å². The van der Waals surface area contributed by atoms with E-state index in [2.05, 4.69) is 16.7 Å². The lowest BCUT2D eigenvalue weighted by atomic mass is 11.0. The van der Waals surface area contributed by atoms with Crippen LogP contribution in [0.1, 0.15) is 0 Å². The van der Waals surface area contributed by atoms with E-state index < -0.39 is 0 Å². The molecule has 0 unspecified atom stereocenters. The van der Waals surface area contributed by atoms with E-state index in [-0.39, 0.29) is 0 Å². The zero-order chi connectivity index (χ0) is 3.54. The second-order valence-corrected chi connectivity index (χ2v) is 1.22. The Hall–Kier alpha value is -0.550. The maximum absolute atomic E-state index is 3.49. The maximum atomic E-state index is 3.49. The minimum atomic E-state index is 1.42. The van der Waals surface area contributed by atoms with Gasteiger partial charge in [-0.3, -0.25) is 0 Å². The van der Waals surface area contributed by atoms with E-state index in [4.69, 9.17) is 0 Å². The largest absolute Gasteiger partial charge is 0.443 e. The third-order valence-corrected chi connectivity index (χ3v) is 0.694. The molecule has 1 radical (unpaired) electrons. The zero-order valence-corrected chi connectivity index (χ0v) is 3.25. The van der Waals surface area contributed by atoms with E-state index in [1.165, 1.54) is 11.3 Å². The Morgan fingerprint density at radius 3 is 3.00 bits per heavy atom. The summed E-state index contributed by atoms with van der Waals surface area (Å²) in [6.07, 6.45) is 2.57. The molecule has 1 aromatic rings. The van der Waals surface area contributed by atoms with Crippen molar-refractivity contribution < 1.29 is 4.98 Å². The van der Waals surface area contributed by atoms with Crippen molar-refractivity contribution in [3.8, 4) is 0 Å². The fraction of sp³-hybridized carbons (Fsp3) is 0. The number of hydrogen-bond acceptors (Lipinski definition) is 1. The van der Waals surface area contributed by atoms with E-state index in [0.717, 1.165) is 0 Å². The van der Waals surface area contributed by atoms with Crippen molar-refractivity contribution in [2.45, 2.75) is 0 Å². The van der Waals surface area contributed by atoms with Crippen LogP contribution in [0, 0.1) is 11.7 Å².